The van der Waals surface area contributed by atoms with Crippen molar-refractivity contribution in [3.05, 3.63) is 45.4 Å². The lowest BCUT2D eigenvalue weighted by Crippen LogP contribution is -2.47. The molecule has 0 bridgehead atoms. The number of hydrogen-bond acceptors (Lipinski definition) is 5. The van der Waals surface area contributed by atoms with Crippen molar-refractivity contribution in [3.8, 4) is 0 Å². The second-order valence-electron chi connectivity index (χ2n) is 5.43. The van der Waals surface area contributed by atoms with Gasteiger partial charge in [-0.3, -0.25) is 4.79 Å². The smallest absolute Gasteiger partial charge is 0.269 e. The van der Waals surface area contributed by atoms with Crippen LogP contribution in [0.3, 0.4) is 0 Å². The molecule has 24 heavy (non-hydrogen) atoms. The standard InChI is InChI=1S/C15H16BrF2N5O/c16-11-1-2-14(19-8-11)22-5-3-21(4-6-22)12-7-15(24)23(20-9-12)10-13(17)18/h1-2,7-9,13H,3-6,10H2. The molecule has 0 aliphatic carbocycles. The molecule has 0 radical (unpaired) electrons. The van der Waals surface area contributed by atoms with Crippen LogP contribution < -0.4 is 15.4 Å². The molecule has 1 saturated heterocycles. The first-order valence-corrected chi connectivity index (χ1v) is 8.29. The maximum atomic E-state index is 12.4. The predicted octanol–water partition coefficient (Wildman–Crippen LogP) is 1.99. The summed E-state index contributed by atoms with van der Waals surface area (Å²) in [6.45, 7) is 2.25. The molecule has 2 aromatic rings. The van der Waals surface area contributed by atoms with Crippen LogP contribution in [0.15, 0.2) is 39.9 Å². The number of pyridine rings is 1. The molecular formula is C15H16BrF2N5O. The third-order valence-electron chi connectivity index (χ3n) is 3.85. The van der Waals surface area contributed by atoms with Crippen LogP contribution in [0.2, 0.25) is 0 Å². The van der Waals surface area contributed by atoms with Gasteiger partial charge in [-0.05, 0) is 28.1 Å². The molecule has 0 atom stereocenters. The van der Waals surface area contributed by atoms with E-state index in [9.17, 15) is 13.6 Å². The second kappa shape index (κ2) is 7.25. The molecule has 0 amide bonds. The summed E-state index contributed by atoms with van der Waals surface area (Å²) in [6, 6.07) is 5.26. The van der Waals surface area contributed by atoms with Crippen molar-refractivity contribution < 1.29 is 8.78 Å². The Balaban J connectivity index is 1.65. The third-order valence-corrected chi connectivity index (χ3v) is 4.32. The highest BCUT2D eigenvalue weighted by atomic mass is 79.9. The lowest BCUT2D eigenvalue weighted by Gasteiger charge is -2.36. The first-order valence-electron chi connectivity index (χ1n) is 7.50. The Morgan fingerprint density at radius 1 is 1.12 bits per heavy atom. The molecule has 0 spiro atoms. The molecule has 3 rings (SSSR count). The topological polar surface area (TPSA) is 54.3 Å². The van der Waals surface area contributed by atoms with Gasteiger partial charge < -0.3 is 9.80 Å². The van der Waals surface area contributed by atoms with Gasteiger partial charge in [-0.15, -0.1) is 0 Å². The van der Waals surface area contributed by atoms with E-state index in [-0.39, 0.29) is 0 Å². The Bertz CT molecular complexity index is 744. The Morgan fingerprint density at radius 3 is 2.42 bits per heavy atom. The zero-order valence-corrected chi connectivity index (χ0v) is 14.4. The third kappa shape index (κ3) is 3.89. The highest BCUT2D eigenvalue weighted by Gasteiger charge is 2.19. The van der Waals surface area contributed by atoms with Crippen LogP contribution >= 0.6 is 15.9 Å². The average molecular weight is 400 g/mol. The van der Waals surface area contributed by atoms with Crippen LogP contribution in [0.4, 0.5) is 20.3 Å². The highest BCUT2D eigenvalue weighted by molar-refractivity contribution is 9.10. The van der Waals surface area contributed by atoms with Crippen molar-refractivity contribution in [1.29, 1.82) is 0 Å². The van der Waals surface area contributed by atoms with Crippen LogP contribution in [0.5, 0.6) is 0 Å². The van der Waals surface area contributed by atoms with Gasteiger partial charge in [0.15, 0.2) is 0 Å². The van der Waals surface area contributed by atoms with E-state index in [0.29, 0.717) is 18.8 Å². The normalized spacial score (nSPS) is 15.2. The fraction of sp³-hybridized carbons (Fsp3) is 0.400. The summed E-state index contributed by atoms with van der Waals surface area (Å²) >= 11 is 3.36. The van der Waals surface area contributed by atoms with Gasteiger partial charge in [0.1, 0.15) is 12.4 Å². The number of hydrogen-bond donors (Lipinski definition) is 0. The summed E-state index contributed by atoms with van der Waals surface area (Å²) in [6.07, 6.45) is 0.633. The van der Waals surface area contributed by atoms with Crippen LogP contribution in [-0.4, -0.2) is 47.4 Å². The Morgan fingerprint density at radius 2 is 1.83 bits per heavy atom. The summed E-state index contributed by atoms with van der Waals surface area (Å²) in [5.74, 6) is 0.906. The lowest BCUT2D eigenvalue weighted by molar-refractivity contribution is 0.119. The van der Waals surface area contributed by atoms with Crippen molar-refractivity contribution >= 4 is 27.4 Å². The Hall–Kier alpha value is -2.03. The SMILES string of the molecule is O=c1cc(N2CCN(c3ccc(Br)cn3)CC2)cnn1CC(F)F. The fourth-order valence-corrected chi connectivity index (χ4v) is 2.85. The van der Waals surface area contributed by atoms with Gasteiger partial charge in [0.2, 0.25) is 0 Å². The number of halogens is 3. The minimum Gasteiger partial charge on any atom is -0.367 e. The molecule has 0 aromatic carbocycles. The largest absolute Gasteiger partial charge is 0.367 e. The summed E-state index contributed by atoms with van der Waals surface area (Å²) < 4.78 is 26.4. The van der Waals surface area contributed by atoms with Gasteiger partial charge in [0, 0.05) is 42.9 Å². The van der Waals surface area contributed by atoms with Crippen LogP contribution in [0.1, 0.15) is 0 Å². The van der Waals surface area contributed by atoms with E-state index in [1.165, 1.54) is 12.3 Å². The second-order valence-corrected chi connectivity index (χ2v) is 6.35. The van der Waals surface area contributed by atoms with Crippen molar-refractivity contribution in [1.82, 2.24) is 14.8 Å². The lowest BCUT2D eigenvalue weighted by atomic mass is 10.2. The predicted molar refractivity (Wildman–Crippen MR) is 90.9 cm³/mol. The minimum atomic E-state index is -2.59. The molecule has 128 valence electrons. The van der Waals surface area contributed by atoms with Crippen LogP contribution in [0, 0.1) is 0 Å². The molecule has 1 fully saturated rings. The summed E-state index contributed by atoms with van der Waals surface area (Å²) in [4.78, 5) is 20.4. The quantitative estimate of drug-likeness (QED) is 0.786. The first kappa shape index (κ1) is 16.8. The van der Waals surface area contributed by atoms with E-state index in [4.69, 9.17) is 0 Å². The zero-order chi connectivity index (χ0) is 17.1. The van der Waals surface area contributed by atoms with Gasteiger partial charge in [-0.2, -0.15) is 5.10 Å². The summed E-state index contributed by atoms with van der Waals surface area (Å²) in [7, 11) is 0. The van der Waals surface area contributed by atoms with Gasteiger partial charge in [0.05, 0.1) is 11.9 Å². The Labute approximate surface area is 145 Å². The van der Waals surface area contributed by atoms with Gasteiger partial charge in [-0.25, -0.2) is 18.4 Å². The van der Waals surface area contributed by atoms with Gasteiger partial charge in [0.25, 0.3) is 12.0 Å². The average Bonchev–Trinajstić information content (AvgIpc) is 2.57. The molecule has 2 aromatic heterocycles. The molecule has 9 heteroatoms. The maximum Gasteiger partial charge on any atom is 0.269 e. The van der Waals surface area contributed by atoms with Crippen LogP contribution in [-0.2, 0) is 6.54 Å². The van der Waals surface area contributed by atoms with Crippen molar-refractivity contribution in [2.45, 2.75) is 13.0 Å². The van der Waals surface area contributed by atoms with E-state index in [1.54, 1.807) is 6.20 Å². The molecular weight excluding hydrogens is 384 g/mol. The number of piperazine rings is 1. The number of anilines is 2. The monoisotopic (exact) mass is 399 g/mol. The van der Waals surface area contributed by atoms with E-state index >= 15 is 0 Å². The molecule has 1 aliphatic heterocycles. The van der Waals surface area contributed by atoms with Crippen LogP contribution in [0.25, 0.3) is 0 Å². The van der Waals surface area contributed by atoms with E-state index in [2.05, 4.69) is 30.9 Å². The van der Waals surface area contributed by atoms with Crippen molar-refractivity contribution in [3.63, 3.8) is 0 Å². The zero-order valence-electron chi connectivity index (χ0n) is 12.8. The van der Waals surface area contributed by atoms with Gasteiger partial charge >= 0.3 is 0 Å². The molecule has 1 aliphatic rings. The fourth-order valence-electron chi connectivity index (χ4n) is 2.61. The van der Waals surface area contributed by atoms with Crippen molar-refractivity contribution in [2.24, 2.45) is 0 Å². The highest BCUT2D eigenvalue weighted by Crippen LogP contribution is 2.19. The first-order chi connectivity index (χ1) is 11.5. The summed E-state index contributed by atoms with van der Waals surface area (Å²) in [5.41, 5.74) is 0.152. The maximum absolute atomic E-state index is 12.4. The van der Waals surface area contributed by atoms with E-state index in [1.807, 2.05) is 17.0 Å². The van der Waals surface area contributed by atoms with Gasteiger partial charge in [-0.1, -0.05) is 0 Å². The number of rotatable bonds is 4. The summed E-state index contributed by atoms with van der Waals surface area (Å²) in [5, 5.41) is 3.83. The van der Waals surface area contributed by atoms with E-state index < -0.39 is 18.5 Å². The minimum absolute atomic E-state index is 0.509. The molecule has 0 saturated carbocycles. The number of nitrogens with zero attached hydrogens (tertiary/aromatic N) is 5. The van der Waals surface area contributed by atoms with E-state index in [0.717, 1.165) is 28.1 Å². The molecule has 3 heterocycles. The number of aromatic nitrogens is 3. The number of alkyl halides is 2. The Kier molecular flexibility index (Phi) is 5.08. The molecule has 0 N–H and O–H groups in total. The molecule has 0 unspecified atom stereocenters. The molecule has 6 nitrogen and oxygen atoms in total. The van der Waals surface area contributed by atoms with Crippen molar-refractivity contribution in [2.75, 3.05) is 36.0 Å².